The van der Waals surface area contributed by atoms with Crippen LogP contribution in [0.2, 0.25) is 0 Å². The van der Waals surface area contributed by atoms with E-state index in [0.717, 1.165) is 0 Å². The first-order chi connectivity index (χ1) is 13.7. The summed E-state index contributed by atoms with van der Waals surface area (Å²) in [7, 11) is 0. The van der Waals surface area contributed by atoms with Gasteiger partial charge in [-0.2, -0.15) is 0 Å². The second-order valence-corrected chi connectivity index (χ2v) is 8.18. The lowest BCUT2D eigenvalue weighted by atomic mass is 10.2. The van der Waals surface area contributed by atoms with Crippen LogP contribution in [-0.4, -0.2) is 29.9 Å². The molecule has 0 radical (unpaired) electrons. The number of esters is 1. The van der Waals surface area contributed by atoms with E-state index in [2.05, 4.69) is 22.3 Å². The Bertz CT molecular complexity index is 856. The van der Waals surface area contributed by atoms with E-state index in [-0.39, 0.29) is 19.1 Å². The van der Waals surface area contributed by atoms with Crippen LogP contribution < -0.4 is 5.32 Å². The number of thiophene rings is 2. The van der Waals surface area contributed by atoms with Crippen molar-refractivity contribution >= 4 is 40.2 Å². The lowest BCUT2D eigenvalue weighted by molar-refractivity contribution is -0.117. The van der Waals surface area contributed by atoms with Crippen LogP contribution in [0.5, 0.6) is 0 Å². The van der Waals surface area contributed by atoms with Crippen LogP contribution in [0.3, 0.4) is 0 Å². The van der Waals surface area contributed by atoms with Crippen molar-refractivity contribution in [2.75, 3.05) is 18.5 Å². The predicted octanol–water partition coefficient (Wildman–Crippen LogP) is 4.63. The molecule has 0 atom stereocenters. The quantitative estimate of drug-likeness (QED) is 0.519. The number of nitrogens with zero attached hydrogens (tertiary/aromatic N) is 1. The summed E-state index contributed by atoms with van der Waals surface area (Å²) in [6.07, 6.45) is 0. The summed E-state index contributed by atoms with van der Waals surface area (Å²) < 4.78 is 5.07. The molecular formula is C21H22N2O3S2. The smallest absolute Gasteiger partial charge is 0.340 e. The first-order valence-electron chi connectivity index (χ1n) is 8.99. The largest absolute Gasteiger partial charge is 0.462 e. The SMILES string of the molecule is CCOC(=O)c1ccccc1NC(=O)CN(Cc1cccs1)Cc1cccs1. The van der Waals surface area contributed by atoms with Crippen LogP contribution in [0.1, 0.15) is 27.0 Å². The molecule has 0 aliphatic heterocycles. The molecule has 2 aromatic heterocycles. The number of hydrogen-bond donors (Lipinski definition) is 1. The molecule has 0 aliphatic carbocycles. The molecule has 3 aromatic rings. The third-order valence-corrected chi connectivity index (χ3v) is 5.71. The van der Waals surface area contributed by atoms with E-state index in [1.165, 1.54) is 9.75 Å². The van der Waals surface area contributed by atoms with E-state index in [0.29, 0.717) is 24.3 Å². The van der Waals surface area contributed by atoms with Crippen LogP contribution in [0.4, 0.5) is 5.69 Å². The summed E-state index contributed by atoms with van der Waals surface area (Å²) in [5, 5.41) is 6.94. The highest BCUT2D eigenvalue weighted by Gasteiger charge is 2.17. The van der Waals surface area contributed by atoms with Crippen molar-refractivity contribution in [2.24, 2.45) is 0 Å². The van der Waals surface area contributed by atoms with Crippen molar-refractivity contribution in [1.82, 2.24) is 4.90 Å². The zero-order chi connectivity index (χ0) is 19.8. The standard InChI is InChI=1S/C21H22N2O3S2/c1-2-26-21(25)18-9-3-4-10-19(18)22-20(24)15-23(13-16-7-5-11-27-16)14-17-8-6-12-28-17/h3-12H,2,13-15H2,1H3,(H,22,24). The molecule has 1 N–H and O–H groups in total. The maximum atomic E-state index is 12.7. The molecule has 1 aromatic carbocycles. The monoisotopic (exact) mass is 414 g/mol. The van der Waals surface area contributed by atoms with E-state index in [4.69, 9.17) is 4.74 Å². The maximum Gasteiger partial charge on any atom is 0.340 e. The van der Waals surface area contributed by atoms with Crippen molar-refractivity contribution < 1.29 is 14.3 Å². The molecule has 3 rings (SSSR count). The second-order valence-electron chi connectivity index (χ2n) is 6.12. The Balaban J connectivity index is 1.69. The van der Waals surface area contributed by atoms with Crippen LogP contribution >= 0.6 is 22.7 Å². The summed E-state index contributed by atoms with van der Waals surface area (Å²) in [5.74, 6) is -0.600. The molecule has 5 nitrogen and oxygen atoms in total. The minimum Gasteiger partial charge on any atom is -0.462 e. The fourth-order valence-electron chi connectivity index (χ4n) is 2.79. The molecule has 0 saturated carbocycles. The number of para-hydroxylation sites is 1. The van der Waals surface area contributed by atoms with Gasteiger partial charge in [0, 0.05) is 22.8 Å². The zero-order valence-electron chi connectivity index (χ0n) is 15.6. The fourth-order valence-corrected chi connectivity index (χ4v) is 4.28. The van der Waals surface area contributed by atoms with Crippen LogP contribution in [-0.2, 0) is 22.6 Å². The van der Waals surface area contributed by atoms with Crippen molar-refractivity contribution in [3.63, 3.8) is 0 Å². The number of rotatable bonds is 9. The average Bonchev–Trinajstić information content (AvgIpc) is 3.36. The molecule has 7 heteroatoms. The highest BCUT2D eigenvalue weighted by molar-refractivity contribution is 7.10. The third kappa shape index (κ3) is 5.76. The minimum atomic E-state index is -0.438. The summed E-state index contributed by atoms with van der Waals surface area (Å²) in [6.45, 7) is 3.67. The number of anilines is 1. The highest BCUT2D eigenvalue weighted by Crippen LogP contribution is 2.19. The molecule has 0 saturated heterocycles. The van der Waals surface area contributed by atoms with Crippen LogP contribution in [0.25, 0.3) is 0 Å². The second kappa shape index (κ2) is 10.2. The van der Waals surface area contributed by atoms with Gasteiger partial charge in [-0.15, -0.1) is 22.7 Å². The maximum absolute atomic E-state index is 12.7. The molecular weight excluding hydrogens is 392 g/mol. The molecule has 146 valence electrons. The summed E-state index contributed by atoms with van der Waals surface area (Å²) in [4.78, 5) is 29.3. The first-order valence-corrected chi connectivity index (χ1v) is 10.7. The molecule has 28 heavy (non-hydrogen) atoms. The van der Waals surface area contributed by atoms with E-state index in [9.17, 15) is 9.59 Å². The summed E-state index contributed by atoms with van der Waals surface area (Å²) in [6, 6.07) is 15.1. The highest BCUT2D eigenvalue weighted by atomic mass is 32.1. The van der Waals surface area contributed by atoms with Crippen LogP contribution in [0.15, 0.2) is 59.3 Å². The van der Waals surface area contributed by atoms with Crippen molar-refractivity contribution in [3.8, 4) is 0 Å². The Morgan fingerprint density at radius 1 is 0.964 bits per heavy atom. The molecule has 0 unspecified atom stereocenters. The normalized spacial score (nSPS) is 10.8. The first kappa shape index (κ1) is 20.3. The van der Waals surface area contributed by atoms with Gasteiger partial charge in [-0.3, -0.25) is 9.69 Å². The number of nitrogens with one attached hydrogen (secondary N) is 1. The van der Waals surface area contributed by atoms with Gasteiger partial charge in [0.25, 0.3) is 0 Å². The van der Waals surface area contributed by atoms with Crippen molar-refractivity contribution in [2.45, 2.75) is 20.0 Å². The number of hydrogen-bond acceptors (Lipinski definition) is 6. The van der Waals surface area contributed by atoms with Gasteiger partial charge in [0.2, 0.25) is 5.91 Å². The van der Waals surface area contributed by atoms with E-state index < -0.39 is 5.97 Å². The lowest BCUT2D eigenvalue weighted by Gasteiger charge is -2.21. The van der Waals surface area contributed by atoms with Crippen molar-refractivity contribution in [3.05, 3.63) is 74.6 Å². The van der Waals surface area contributed by atoms with Gasteiger partial charge in [0.1, 0.15) is 0 Å². The van der Waals surface area contributed by atoms with Gasteiger partial charge in [-0.05, 0) is 41.9 Å². The molecule has 0 bridgehead atoms. The van der Waals surface area contributed by atoms with Gasteiger partial charge in [0.05, 0.1) is 24.4 Å². The fraction of sp³-hybridized carbons (Fsp3) is 0.238. The summed E-state index contributed by atoms with van der Waals surface area (Å²) in [5.41, 5.74) is 0.832. The van der Waals surface area contributed by atoms with Crippen molar-refractivity contribution in [1.29, 1.82) is 0 Å². The number of benzene rings is 1. The molecule has 1 amide bonds. The Hall–Kier alpha value is -2.48. The Labute approximate surface area is 172 Å². The Morgan fingerprint density at radius 3 is 2.18 bits per heavy atom. The van der Waals surface area contributed by atoms with Crippen LogP contribution in [0, 0.1) is 0 Å². The number of carbonyl (C=O) groups is 2. The predicted molar refractivity (Wildman–Crippen MR) is 114 cm³/mol. The van der Waals surface area contributed by atoms with E-state index in [1.807, 2.05) is 22.9 Å². The summed E-state index contributed by atoms with van der Waals surface area (Å²) >= 11 is 3.35. The van der Waals surface area contributed by atoms with E-state index in [1.54, 1.807) is 53.9 Å². The Kier molecular flexibility index (Phi) is 7.36. The zero-order valence-corrected chi connectivity index (χ0v) is 17.2. The molecule has 0 aliphatic rings. The molecule has 0 spiro atoms. The van der Waals surface area contributed by atoms with Gasteiger partial charge >= 0.3 is 5.97 Å². The van der Waals surface area contributed by atoms with Gasteiger partial charge in [0.15, 0.2) is 0 Å². The number of ether oxygens (including phenoxy) is 1. The molecule has 0 fully saturated rings. The average molecular weight is 415 g/mol. The van der Waals surface area contributed by atoms with Gasteiger partial charge < -0.3 is 10.1 Å². The minimum absolute atomic E-state index is 0.162. The lowest BCUT2D eigenvalue weighted by Crippen LogP contribution is -2.32. The third-order valence-electron chi connectivity index (χ3n) is 3.98. The van der Waals surface area contributed by atoms with Gasteiger partial charge in [-0.1, -0.05) is 24.3 Å². The number of carbonyl (C=O) groups excluding carboxylic acids is 2. The molecule has 2 heterocycles. The topological polar surface area (TPSA) is 58.6 Å². The van der Waals surface area contributed by atoms with E-state index >= 15 is 0 Å². The Morgan fingerprint density at radius 2 is 1.61 bits per heavy atom. The number of amides is 1. The van der Waals surface area contributed by atoms with Gasteiger partial charge in [-0.25, -0.2) is 4.79 Å².